The molecule has 0 atom stereocenters. The van der Waals surface area contributed by atoms with E-state index in [4.69, 9.17) is 14.3 Å². The molecule has 1 aliphatic carbocycles. The van der Waals surface area contributed by atoms with Crippen molar-refractivity contribution in [1.82, 2.24) is 20.3 Å². The summed E-state index contributed by atoms with van der Waals surface area (Å²) in [5, 5.41) is 15.0. The van der Waals surface area contributed by atoms with Crippen LogP contribution in [0.15, 0.2) is 42.7 Å². The van der Waals surface area contributed by atoms with Crippen molar-refractivity contribution in [3.05, 3.63) is 48.4 Å². The first-order valence-corrected chi connectivity index (χ1v) is 12.2. The van der Waals surface area contributed by atoms with Gasteiger partial charge in [0.25, 0.3) is 0 Å². The van der Waals surface area contributed by atoms with Crippen LogP contribution < -0.4 is 25.8 Å². The fraction of sp³-hybridized carbons (Fsp3) is 0.370. The molecule has 3 aromatic heterocycles. The Hall–Kier alpha value is -4.25. The van der Waals surface area contributed by atoms with Crippen molar-refractivity contribution >= 4 is 18.1 Å². The molecule has 11 nitrogen and oxygen atoms in total. The number of hydrogen-bond acceptors (Lipinski definition) is 8. The number of aromatic nitrogens is 3. The van der Waals surface area contributed by atoms with E-state index in [1.807, 2.05) is 25.1 Å². The van der Waals surface area contributed by atoms with Crippen molar-refractivity contribution < 1.29 is 24.2 Å². The lowest BCUT2D eigenvalue weighted by Crippen LogP contribution is -2.30. The number of carbonyl (C=O) groups is 2. The standard InChI is InChI=1S/C26H31N5O4.CH3NO/c1-17-21(15-20(16-29-17)30-25(33)28-9-7-26(2)5-6-26)19-12-22(31-24(14-19)35-11-10-32)18-4-8-27-23(13-18)34-3;2-1-3/h4,8,12-16,32H,5-7,9-11H2,1-3H3,(H2,28,30,33);1H,(H2,2,3). The predicted molar refractivity (Wildman–Crippen MR) is 144 cm³/mol. The monoisotopic (exact) mass is 522 g/mol. The Morgan fingerprint density at radius 3 is 2.61 bits per heavy atom. The highest BCUT2D eigenvalue weighted by molar-refractivity contribution is 5.90. The molecule has 0 radical (unpaired) electrons. The predicted octanol–water partition coefficient (Wildman–Crippen LogP) is 3.31. The minimum atomic E-state index is -0.253. The van der Waals surface area contributed by atoms with Crippen LogP contribution in [0.4, 0.5) is 10.5 Å². The molecule has 202 valence electrons. The number of pyridine rings is 3. The van der Waals surface area contributed by atoms with Gasteiger partial charge in [0, 0.05) is 41.7 Å². The van der Waals surface area contributed by atoms with E-state index in [0.717, 1.165) is 28.8 Å². The minimum Gasteiger partial charge on any atom is -0.481 e. The van der Waals surface area contributed by atoms with Gasteiger partial charge in [-0.2, -0.15) is 0 Å². The summed E-state index contributed by atoms with van der Waals surface area (Å²) in [6, 6.07) is 8.97. The Kier molecular flexibility index (Phi) is 9.94. The maximum Gasteiger partial charge on any atom is 0.319 e. The number of carbonyl (C=O) groups excluding carboxylic acids is 2. The Balaban J connectivity index is 0.00000127. The molecule has 5 N–H and O–H groups in total. The van der Waals surface area contributed by atoms with Gasteiger partial charge in [0.15, 0.2) is 0 Å². The normalized spacial score (nSPS) is 12.9. The molecule has 1 fully saturated rings. The summed E-state index contributed by atoms with van der Waals surface area (Å²) in [5.74, 6) is 0.838. The lowest BCUT2D eigenvalue weighted by atomic mass is 10.0. The van der Waals surface area contributed by atoms with Crippen LogP contribution in [0.25, 0.3) is 22.4 Å². The van der Waals surface area contributed by atoms with Gasteiger partial charge in [0.05, 0.1) is 31.3 Å². The van der Waals surface area contributed by atoms with Crippen LogP contribution in [0.3, 0.4) is 0 Å². The van der Waals surface area contributed by atoms with E-state index in [1.165, 1.54) is 12.8 Å². The van der Waals surface area contributed by atoms with Crippen molar-refractivity contribution in [2.75, 3.05) is 32.2 Å². The minimum absolute atomic E-state index is 0.119. The van der Waals surface area contributed by atoms with Crippen molar-refractivity contribution in [1.29, 1.82) is 0 Å². The molecule has 38 heavy (non-hydrogen) atoms. The zero-order chi connectivity index (χ0) is 27.5. The van der Waals surface area contributed by atoms with Gasteiger partial charge in [-0.25, -0.2) is 14.8 Å². The third-order valence-corrected chi connectivity index (χ3v) is 6.16. The smallest absolute Gasteiger partial charge is 0.319 e. The molecular weight excluding hydrogens is 488 g/mol. The molecule has 3 aromatic rings. The van der Waals surface area contributed by atoms with E-state index in [0.29, 0.717) is 35.1 Å². The summed E-state index contributed by atoms with van der Waals surface area (Å²) in [6.45, 7) is 4.78. The number of aliphatic hydroxyl groups is 1. The van der Waals surface area contributed by atoms with Crippen LogP contribution in [-0.4, -0.2) is 59.4 Å². The maximum atomic E-state index is 12.4. The fourth-order valence-electron chi connectivity index (χ4n) is 3.72. The zero-order valence-corrected chi connectivity index (χ0v) is 21.9. The second-order valence-corrected chi connectivity index (χ2v) is 9.17. The molecule has 1 aliphatic rings. The van der Waals surface area contributed by atoms with Gasteiger partial charge in [-0.15, -0.1) is 0 Å². The number of nitrogens with zero attached hydrogens (tertiary/aromatic N) is 3. The second kappa shape index (κ2) is 13.3. The van der Waals surface area contributed by atoms with Gasteiger partial charge in [0.2, 0.25) is 18.2 Å². The van der Waals surface area contributed by atoms with Gasteiger partial charge in [0.1, 0.15) is 6.61 Å². The van der Waals surface area contributed by atoms with E-state index < -0.39 is 0 Å². The molecule has 0 aliphatic heterocycles. The van der Waals surface area contributed by atoms with Crippen LogP contribution in [0.1, 0.15) is 31.9 Å². The molecule has 0 unspecified atom stereocenters. The molecule has 4 rings (SSSR count). The number of nitrogens with one attached hydrogen (secondary N) is 2. The molecular formula is C27H34N6O5. The molecule has 0 aromatic carbocycles. The summed E-state index contributed by atoms with van der Waals surface area (Å²) in [7, 11) is 1.56. The lowest BCUT2D eigenvalue weighted by Gasteiger charge is -2.14. The highest BCUT2D eigenvalue weighted by atomic mass is 16.5. The number of primary amides is 1. The fourth-order valence-corrected chi connectivity index (χ4v) is 3.72. The number of methoxy groups -OCH3 is 1. The van der Waals surface area contributed by atoms with E-state index in [-0.39, 0.29) is 25.7 Å². The zero-order valence-electron chi connectivity index (χ0n) is 21.9. The molecule has 11 heteroatoms. The molecule has 3 amide bonds. The van der Waals surface area contributed by atoms with Crippen LogP contribution in [0, 0.1) is 12.3 Å². The molecule has 0 bridgehead atoms. The number of amides is 3. The summed E-state index contributed by atoms with van der Waals surface area (Å²) >= 11 is 0. The Morgan fingerprint density at radius 1 is 1.18 bits per heavy atom. The van der Waals surface area contributed by atoms with Crippen LogP contribution in [0.5, 0.6) is 11.8 Å². The Labute approximate surface area is 221 Å². The van der Waals surface area contributed by atoms with Gasteiger partial charge >= 0.3 is 6.03 Å². The first-order chi connectivity index (χ1) is 18.3. The van der Waals surface area contributed by atoms with Gasteiger partial charge in [-0.3, -0.25) is 9.78 Å². The molecule has 1 saturated carbocycles. The van der Waals surface area contributed by atoms with E-state index in [2.05, 4.69) is 38.2 Å². The molecule has 0 spiro atoms. The lowest BCUT2D eigenvalue weighted by molar-refractivity contribution is -0.106. The summed E-state index contributed by atoms with van der Waals surface area (Å²) in [6.07, 6.45) is 6.97. The van der Waals surface area contributed by atoms with Gasteiger partial charge in [-0.1, -0.05) is 6.92 Å². The third-order valence-electron chi connectivity index (χ3n) is 6.16. The molecule has 0 saturated heterocycles. The number of aliphatic hydroxyl groups excluding tert-OH is 1. The number of ether oxygens (including phenoxy) is 2. The summed E-state index contributed by atoms with van der Waals surface area (Å²) in [5.41, 5.74) is 9.02. The summed E-state index contributed by atoms with van der Waals surface area (Å²) < 4.78 is 10.9. The van der Waals surface area contributed by atoms with Crippen molar-refractivity contribution in [2.24, 2.45) is 11.1 Å². The van der Waals surface area contributed by atoms with E-state index >= 15 is 0 Å². The number of urea groups is 1. The number of rotatable bonds is 10. The number of nitrogens with two attached hydrogens (primary N) is 1. The highest BCUT2D eigenvalue weighted by Crippen LogP contribution is 2.47. The highest BCUT2D eigenvalue weighted by Gasteiger charge is 2.36. The van der Waals surface area contributed by atoms with Crippen LogP contribution in [-0.2, 0) is 4.79 Å². The van der Waals surface area contributed by atoms with E-state index in [9.17, 15) is 9.90 Å². The first-order valence-electron chi connectivity index (χ1n) is 12.2. The van der Waals surface area contributed by atoms with Gasteiger partial charge in [-0.05, 0) is 55.4 Å². The third kappa shape index (κ3) is 8.13. The van der Waals surface area contributed by atoms with Crippen LogP contribution in [0.2, 0.25) is 0 Å². The van der Waals surface area contributed by atoms with E-state index in [1.54, 1.807) is 31.6 Å². The average Bonchev–Trinajstić information content (AvgIpc) is 3.65. The summed E-state index contributed by atoms with van der Waals surface area (Å²) in [4.78, 5) is 34.2. The maximum absolute atomic E-state index is 12.4. The Morgan fingerprint density at radius 2 is 1.92 bits per heavy atom. The molecule has 3 heterocycles. The topological polar surface area (TPSA) is 162 Å². The Bertz CT molecular complexity index is 1250. The first kappa shape index (κ1) is 28.3. The largest absolute Gasteiger partial charge is 0.481 e. The second-order valence-electron chi connectivity index (χ2n) is 9.17. The van der Waals surface area contributed by atoms with Crippen molar-refractivity contribution in [3.8, 4) is 34.1 Å². The van der Waals surface area contributed by atoms with Crippen molar-refractivity contribution in [3.63, 3.8) is 0 Å². The van der Waals surface area contributed by atoms with Gasteiger partial charge < -0.3 is 30.9 Å². The number of aryl methyl sites for hydroxylation is 1. The van der Waals surface area contributed by atoms with Crippen molar-refractivity contribution in [2.45, 2.75) is 33.1 Å². The number of hydrogen-bond donors (Lipinski definition) is 4. The number of anilines is 1. The van der Waals surface area contributed by atoms with Crippen LogP contribution >= 0.6 is 0 Å². The quantitative estimate of drug-likeness (QED) is 0.295. The SMILES string of the molecule is COc1cc(-c2cc(-c3cc(NC(=O)NCCC4(C)CC4)cnc3C)cc(OCCO)n2)ccn1.NC=O. The average molecular weight is 523 g/mol.